The molecule has 10 heteroatoms. The molecule has 10 nitrogen and oxygen atoms in total. The Balaban J connectivity index is 1.24. The average Bonchev–Trinajstić information content (AvgIpc) is 3.78. The van der Waals surface area contributed by atoms with E-state index in [-0.39, 0.29) is 29.4 Å². The summed E-state index contributed by atoms with van der Waals surface area (Å²) in [5.74, 6) is 1.29. The number of nitrogens with one attached hydrogen (secondary N) is 1. The van der Waals surface area contributed by atoms with Crippen LogP contribution in [0.3, 0.4) is 0 Å². The lowest BCUT2D eigenvalue weighted by molar-refractivity contribution is 0.0207. The lowest BCUT2D eigenvalue weighted by Gasteiger charge is -2.32. The van der Waals surface area contributed by atoms with Crippen LogP contribution in [0.2, 0.25) is 0 Å². The molecule has 3 unspecified atom stereocenters. The lowest BCUT2D eigenvalue weighted by atomic mass is 9.84. The highest BCUT2D eigenvalue weighted by Crippen LogP contribution is 2.52. The van der Waals surface area contributed by atoms with Crippen molar-refractivity contribution < 1.29 is 28.7 Å². The van der Waals surface area contributed by atoms with Gasteiger partial charge in [-0.2, -0.15) is 4.98 Å². The van der Waals surface area contributed by atoms with Crippen LogP contribution >= 0.6 is 0 Å². The highest BCUT2D eigenvalue weighted by molar-refractivity contribution is 5.70. The van der Waals surface area contributed by atoms with Crippen LogP contribution in [0, 0.1) is 0 Å². The Morgan fingerprint density at radius 3 is 2.34 bits per heavy atom. The average molecular weight is 569 g/mol. The fourth-order valence-corrected chi connectivity index (χ4v) is 5.77. The number of aliphatic hydroxyl groups is 1. The van der Waals surface area contributed by atoms with Gasteiger partial charge in [0.1, 0.15) is 11.2 Å². The molecule has 1 heterocycles. The monoisotopic (exact) mass is 568 g/mol. The second-order valence-electron chi connectivity index (χ2n) is 14.0. The molecule has 3 fully saturated rings. The van der Waals surface area contributed by atoms with Crippen LogP contribution in [0.1, 0.15) is 109 Å². The molecule has 2 N–H and O–H groups in total. The van der Waals surface area contributed by atoms with Gasteiger partial charge in [0.15, 0.2) is 5.82 Å². The molecule has 0 spiro atoms. The van der Waals surface area contributed by atoms with E-state index in [2.05, 4.69) is 22.6 Å². The first-order valence-electron chi connectivity index (χ1n) is 14.8. The Kier molecular flexibility index (Phi) is 7.82. The number of aliphatic hydroxyl groups excluding tert-OH is 1. The van der Waals surface area contributed by atoms with Crippen molar-refractivity contribution in [2.75, 3.05) is 6.54 Å². The van der Waals surface area contributed by atoms with Gasteiger partial charge in [-0.25, -0.2) is 9.59 Å². The Morgan fingerprint density at radius 1 is 1.05 bits per heavy atom. The van der Waals surface area contributed by atoms with Gasteiger partial charge in [0.2, 0.25) is 5.89 Å². The van der Waals surface area contributed by atoms with E-state index in [1.165, 1.54) is 5.56 Å². The van der Waals surface area contributed by atoms with Gasteiger partial charge in [-0.05, 0) is 85.6 Å². The molecule has 0 saturated heterocycles. The number of hydrogen-bond acceptors (Lipinski definition) is 8. The number of nitrogens with zero attached hydrogens (tertiary/aromatic N) is 3. The molecule has 5 atom stereocenters. The molecule has 2 aromatic rings. The summed E-state index contributed by atoms with van der Waals surface area (Å²) in [6.07, 6.45) is 2.70. The van der Waals surface area contributed by atoms with Crippen LogP contribution in [-0.2, 0) is 14.9 Å². The summed E-state index contributed by atoms with van der Waals surface area (Å²) < 4.78 is 16.9. The minimum Gasteiger partial charge on any atom is -0.444 e. The van der Waals surface area contributed by atoms with Crippen molar-refractivity contribution in [2.24, 2.45) is 0 Å². The zero-order valence-electron chi connectivity index (χ0n) is 25.1. The summed E-state index contributed by atoms with van der Waals surface area (Å²) in [6.45, 7) is 11.5. The number of ether oxygens (including phenoxy) is 2. The highest BCUT2D eigenvalue weighted by atomic mass is 16.6. The molecule has 3 aliphatic carbocycles. The van der Waals surface area contributed by atoms with Crippen LogP contribution in [0.4, 0.5) is 9.59 Å². The summed E-state index contributed by atoms with van der Waals surface area (Å²) in [5, 5.41) is 17.9. The van der Waals surface area contributed by atoms with E-state index in [4.69, 9.17) is 19.0 Å². The molecular formula is C31H44N4O6. The number of rotatable bonds is 7. The molecular weight excluding hydrogens is 524 g/mol. The van der Waals surface area contributed by atoms with E-state index in [0.717, 1.165) is 19.3 Å². The molecule has 224 valence electrons. The second kappa shape index (κ2) is 10.9. The molecule has 1 aromatic carbocycles. The minimum absolute atomic E-state index is 0.0685. The fraction of sp³-hybridized carbons (Fsp3) is 0.677. The molecule has 2 amide bonds. The van der Waals surface area contributed by atoms with Crippen molar-refractivity contribution in [1.82, 2.24) is 20.4 Å². The van der Waals surface area contributed by atoms with Gasteiger partial charge in [-0.3, -0.25) is 0 Å². The van der Waals surface area contributed by atoms with Crippen LogP contribution in [0.5, 0.6) is 0 Å². The molecule has 0 radical (unpaired) electrons. The van der Waals surface area contributed by atoms with E-state index in [9.17, 15) is 14.7 Å². The van der Waals surface area contributed by atoms with E-state index >= 15 is 0 Å². The molecule has 3 aliphatic rings. The number of aromatic nitrogens is 2. The topological polar surface area (TPSA) is 127 Å². The predicted molar refractivity (Wildman–Crippen MR) is 151 cm³/mol. The minimum atomic E-state index is -0.751. The molecule has 3 saturated carbocycles. The second-order valence-corrected chi connectivity index (χ2v) is 14.0. The smallest absolute Gasteiger partial charge is 0.410 e. The van der Waals surface area contributed by atoms with Crippen LogP contribution in [0.15, 0.2) is 34.9 Å². The van der Waals surface area contributed by atoms with Crippen molar-refractivity contribution in [3.05, 3.63) is 47.6 Å². The number of amides is 2. The van der Waals surface area contributed by atoms with Gasteiger partial charge in [-0.15, -0.1) is 0 Å². The third-order valence-electron chi connectivity index (χ3n) is 8.12. The van der Waals surface area contributed by atoms with Crippen molar-refractivity contribution in [3.8, 4) is 0 Å². The van der Waals surface area contributed by atoms with E-state index < -0.39 is 29.4 Å². The first-order valence-corrected chi connectivity index (χ1v) is 14.8. The van der Waals surface area contributed by atoms with E-state index in [1.54, 1.807) is 20.8 Å². The van der Waals surface area contributed by atoms with E-state index in [0.29, 0.717) is 37.5 Å². The SMILES string of the molecule is CC(C)(C)OC(=O)NC1CCC(c2nc(C3(CN(C(=O)OC(C)(C)C)[C@@H]4C[C@H]4c4ccccc4)CC3)no2)CC1O. The maximum atomic E-state index is 13.4. The summed E-state index contributed by atoms with van der Waals surface area (Å²) in [7, 11) is 0. The molecule has 5 rings (SSSR count). The first-order chi connectivity index (χ1) is 19.2. The van der Waals surface area contributed by atoms with Gasteiger partial charge in [0, 0.05) is 24.4 Å². The third kappa shape index (κ3) is 7.20. The van der Waals surface area contributed by atoms with Crippen LogP contribution in [-0.4, -0.2) is 68.3 Å². The third-order valence-corrected chi connectivity index (χ3v) is 8.12. The standard InChI is InChI=1S/C31H44N4O6/c1-29(2,3)39-27(37)32-22-13-12-20(16-24(22)36)25-33-26(34-41-25)31(14-15-31)18-35(28(38)40-30(4,5)6)23-17-21(23)19-10-8-7-9-11-19/h7-11,20-24,36H,12-18H2,1-6H3,(H,32,37)/t20?,21-,22?,23+,24?/m0/s1. The van der Waals surface area contributed by atoms with Gasteiger partial charge >= 0.3 is 12.2 Å². The predicted octanol–water partition coefficient (Wildman–Crippen LogP) is 5.42. The summed E-state index contributed by atoms with van der Waals surface area (Å²) in [4.78, 5) is 32.3. The number of alkyl carbamates (subject to hydrolysis) is 1. The Morgan fingerprint density at radius 2 is 1.73 bits per heavy atom. The van der Waals surface area contributed by atoms with Crippen molar-refractivity contribution in [3.63, 3.8) is 0 Å². The molecule has 1 aromatic heterocycles. The largest absolute Gasteiger partial charge is 0.444 e. The Labute approximate surface area is 242 Å². The molecule has 41 heavy (non-hydrogen) atoms. The van der Waals surface area contributed by atoms with Crippen LogP contribution in [0.25, 0.3) is 0 Å². The van der Waals surface area contributed by atoms with Crippen molar-refractivity contribution in [2.45, 2.75) is 127 Å². The van der Waals surface area contributed by atoms with Gasteiger partial charge in [-0.1, -0.05) is 35.5 Å². The summed E-state index contributed by atoms with van der Waals surface area (Å²) in [6, 6.07) is 9.97. The summed E-state index contributed by atoms with van der Waals surface area (Å²) in [5.41, 5.74) is -0.337. The molecule has 0 aliphatic heterocycles. The zero-order chi connectivity index (χ0) is 29.6. The van der Waals surface area contributed by atoms with E-state index in [1.807, 2.05) is 43.9 Å². The first kappa shape index (κ1) is 29.4. The molecule has 0 bridgehead atoms. The van der Waals surface area contributed by atoms with Crippen LogP contribution < -0.4 is 5.32 Å². The lowest BCUT2D eigenvalue weighted by Crippen LogP contribution is -2.48. The van der Waals surface area contributed by atoms with Gasteiger partial charge < -0.3 is 29.3 Å². The zero-order valence-corrected chi connectivity index (χ0v) is 25.1. The highest BCUT2D eigenvalue weighted by Gasteiger charge is 2.55. The van der Waals surface area contributed by atoms with Gasteiger partial charge in [0.05, 0.1) is 17.6 Å². The number of carbonyl (C=O) groups is 2. The normalized spacial score (nSPS) is 27.0. The van der Waals surface area contributed by atoms with Crippen molar-refractivity contribution >= 4 is 12.2 Å². The maximum absolute atomic E-state index is 13.4. The van der Waals surface area contributed by atoms with Crippen molar-refractivity contribution in [1.29, 1.82) is 0 Å². The Hall–Kier alpha value is -3.14. The maximum Gasteiger partial charge on any atom is 0.410 e. The summed E-state index contributed by atoms with van der Waals surface area (Å²) >= 11 is 0. The quantitative estimate of drug-likeness (QED) is 0.454. The number of hydrogen-bond donors (Lipinski definition) is 2. The fourth-order valence-electron chi connectivity index (χ4n) is 5.77. The number of benzene rings is 1. The Bertz CT molecular complexity index is 1230. The van der Waals surface area contributed by atoms with Gasteiger partial charge in [0.25, 0.3) is 0 Å². The number of carbonyl (C=O) groups excluding carboxylic acids is 2.